The molecule has 0 saturated heterocycles. The first-order valence-corrected chi connectivity index (χ1v) is 9.36. The highest BCUT2D eigenvalue weighted by molar-refractivity contribution is 6.35. The van der Waals surface area contributed by atoms with Gasteiger partial charge in [-0.1, -0.05) is 20.3 Å². The molecule has 2 N–H and O–H groups in total. The van der Waals surface area contributed by atoms with Gasteiger partial charge in [0.2, 0.25) is 0 Å². The lowest BCUT2D eigenvalue weighted by Gasteiger charge is -2.28. The van der Waals surface area contributed by atoms with Crippen LogP contribution in [0.25, 0.3) is 0 Å². The number of rotatable bonds is 8. The van der Waals surface area contributed by atoms with Crippen LogP contribution in [0.3, 0.4) is 0 Å². The van der Waals surface area contributed by atoms with Gasteiger partial charge in [0.05, 0.1) is 0 Å². The van der Waals surface area contributed by atoms with Crippen molar-refractivity contribution >= 4 is 11.8 Å². The zero-order valence-electron chi connectivity index (χ0n) is 14.9. The molecule has 0 aromatic heterocycles. The number of amides is 2. The molecule has 0 radical (unpaired) electrons. The summed E-state index contributed by atoms with van der Waals surface area (Å²) in [6.45, 7) is 9.87. The molecule has 2 aliphatic carbocycles. The summed E-state index contributed by atoms with van der Waals surface area (Å²) in [5.74, 6) is 1.22. The van der Waals surface area contributed by atoms with Crippen LogP contribution in [-0.2, 0) is 9.59 Å². The number of nitrogens with one attached hydrogen (secondary N) is 2. The monoisotopic (exact) mass is 323 g/mol. The molecule has 0 heterocycles. The van der Waals surface area contributed by atoms with Gasteiger partial charge >= 0.3 is 11.8 Å². The Bertz CT molecular complexity index is 409. The summed E-state index contributed by atoms with van der Waals surface area (Å²) >= 11 is 0. The lowest BCUT2D eigenvalue weighted by atomic mass is 9.84. The third-order valence-electron chi connectivity index (χ3n) is 5.83. The van der Waals surface area contributed by atoms with Gasteiger partial charge in [-0.15, -0.1) is 0 Å². The van der Waals surface area contributed by atoms with Crippen molar-refractivity contribution in [2.45, 2.75) is 58.9 Å². The summed E-state index contributed by atoms with van der Waals surface area (Å²) in [5.41, 5.74) is 0. The second kappa shape index (κ2) is 8.67. The molecular weight excluding hydrogens is 290 g/mol. The summed E-state index contributed by atoms with van der Waals surface area (Å²) in [7, 11) is 0. The van der Waals surface area contributed by atoms with Crippen molar-refractivity contribution in [3.63, 3.8) is 0 Å². The third kappa shape index (κ3) is 4.93. The number of hydrogen-bond acceptors (Lipinski definition) is 3. The maximum atomic E-state index is 12.0. The van der Waals surface area contributed by atoms with Crippen LogP contribution in [0.2, 0.25) is 0 Å². The lowest BCUT2D eigenvalue weighted by molar-refractivity contribution is -0.139. The van der Waals surface area contributed by atoms with E-state index in [1.807, 2.05) is 0 Å². The molecule has 0 aliphatic heterocycles. The molecule has 4 atom stereocenters. The van der Waals surface area contributed by atoms with Crippen molar-refractivity contribution in [1.82, 2.24) is 15.5 Å². The lowest BCUT2D eigenvalue weighted by Crippen LogP contribution is -2.47. The predicted octanol–water partition coefficient (Wildman–Crippen LogP) is 1.78. The Kier molecular flexibility index (Phi) is 6.88. The summed E-state index contributed by atoms with van der Waals surface area (Å²) < 4.78 is 0. The van der Waals surface area contributed by atoms with E-state index in [2.05, 4.69) is 36.3 Å². The zero-order chi connectivity index (χ0) is 16.8. The highest BCUT2D eigenvalue weighted by Crippen LogP contribution is 2.49. The fraction of sp³-hybridized carbons (Fsp3) is 0.889. The number of hydrogen-bond donors (Lipinski definition) is 2. The van der Waals surface area contributed by atoms with E-state index in [0.29, 0.717) is 12.5 Å². The molecule has 4 unspecified atom stereocenters. The maximum absolute atomic E-state index is 12.0. The number of fused-ring (bicyclic) bond motifs is 2. The Labute approximate surface area is 140 Å². The molecule has 5 nitrogen and oxygen atoms in total. The van der Waals surface area contributed by atoms with Crippen molar-refractivity contribution in [2.24, 2.45) is 17.8 Å². The van der Waals surface area contributed by atoms with Gasteiger partial charge in [-0.05, 0) is 70.0 Å². The Morgan fingerprint density at radius 1 is 1.13 bits per heavy atom. The summed E-state index contributed by atoms with van der Waals surface area (Å²) in [5, 5.41) is 5.66. The van der Waals surface area contributed by atoms with Crippen LogP contribution < -0.4 is 10.6 Å². The van der Waals surface area contributed by atoms with Crippen LogP contribution in [0, 0.1) is 17.8 Å². The molecule has 2 saturated carbocycles. The van der Waals surface area contributed by atoms with Crippen molar-refractivity contribution in [3.8, 4) is 0 Å². The minimum Gasteiger partial charge on any atom is -0.348 e. The zero-order valence-corrected chi connectivity index (χ0v) is 14.9. The molecule has 0 aromatic rings. The van der Waals surface area contributed by atoms with Crippen LogP contribution in [0.1, 0.15) is 52.9 Å². The van der Waals surface area contributed by atoms with Gasteiger partial charge in [0, 0.05) is 12.6 Å². The maximum Gasteiger partial charge on any atom is 0.309 e. The van der Waals surface area contributed by atoms with E-state index in [1.54, 1.807) is 0 Å². The van der Waals surface area contributed by atoms with Crippen LogP contribution in [0.4, 0.5) is 0 Å². The smallest absolute Gasteiger partial charge is 0.309 e. The Morgan fingerprint density at radius 2 is 1.87 bits per heavy atom. The van der Waals surface area contributed by atoms with E-state index < -0.39 is 11.8 Å². The molecule has 2 aliphatic rings. The highest BCUT2D eigenvalue weighted by Gasteiger charge is 2.42. The van der Waals surface area contributed by atoms with E-state index in [-0.39, 0.29) is 6.04 Å². The van der Waals surface area contributed by atoms with Crippen LogP contribution in [-0.4, -0.2) is 48.9 Å². The minimum atomic E-state index is -0.487. The van der Waals surface area contributed by atoms with Crippen molar-refractivity contribution in [2.75, 3.05) is 26.2 Å². The van der Waals surface area contributed by atoms with Crippen LogP contribution in [0.15, 0.2) is 0 Å². The molecule has 5 heteroatoms. The molecule has 23 heavy (non-hydrogen) atoms. The summed E-state index contributed by atoms with van der Waals surface area (Å²) in [6, 6.07) is 0.110. The first-order valence-electron chi connectivity index (χ1n) is 9.36. The molecule has 2 amide bonds. The van der Waals surface area contributed by atoms with Crippen molar-refractivity contribution < 1.29 is 9.59 Å². The molecule has 2 fully saturated rings. The van der Waals surface area contributed by atoms with E-state index in [0.717, 1.165) is 37.9 Å². The van der Waals surface area contributed by atoms with E-state index in [1.165, 1.54) is 25.7 Å². The molecule has 2 bridgehead atoms. The van der Waals surface area contributed by atoms with Gasteiger partial charge in [0.15, 0.2) is 0 Å². The molecule has 2 rings (SSSR count). The predicted molar refractivity (Wildman–Crippen MR) is 92.0 cm³/mol. The fourth-order valence-corrected chi connectivity index (χ4v) is 4.41. The average Bonchev–Trinajstić information content (AvgIpc) is 3.17. The average molecular weight is 323 g/mol. The first-order chi connectivity index (χ1) is 11.0. The van der Waals surface area contributed by atoms with Gasteiger partial charge < -0.3 is 15.5 Å². The van der Waals surface area contributed by atoms with Crippen LogP contribution >= 0.6 is 0 Å². The van der Waals surface area contributed by atoms with Gasteiger partial charge in [-0.2, -0.15) is 0 Å². The Hall–Kier alpha value is -1.10. The van der Waals surface area contributed by atoms with Crippen molar-refractivity contribution in [3.05, 3.63) is 0 Å². The van der Waals surface area contributed by atoms with Gasteiger partial charge in [0.25, 0.3) is 0 Å². The largest absolute Gasteiger partial charge is 0.348 e. The number of carbonyl (C=O) groups is 2. The Morgan fingerprint density at radius 3 is 2.43 bits per heavy atom. The van der Waals surface area contributed by atoms with Gasteiger partial charge in [-0.25, -0.2) is 0 Å². The third-order valence-corrected chi connectivity index (χ3v) is 5.83. The highest BCUT2D eigenvalue weighted by atomic mass is 16.2. The second-order valence-electron chi connectivity index (χ2n) is 7.24. The van der Waals surface area contributed by atoms with E-state index in [9.17, 15) is 9.59 Å². The molecule has 132 valence electrons. The van der Waals surface area contributed by atoms with Gasteiger partial charge in [0.1, 0.15) is 0 Å². The molecule has 0 spiro atoms. The first kappa shape index (κ1) is 18.2. The number of carbonyl (C=O) groups excluding carboxylic acids is 2. The Balaban J connectivity index is 1.64. The SMILES string of the molecule is CCN(CC)CCCNC(=O)C(=O)NC(C)C1CC2CCC1C2. The van der Waals surface area contributed by atoms with Crippen LogP contribution in [0.5, 0.6) is 0 Å². The van der Waals surface area contributed by atoms with Gasteiger partial charge in [-0.3, -0.25) is 9.59 Å². The van der Waals surface area contributed by atoms with Crippen molar-refractivity contribution in [1.29, 1.82) is 0 Å². The van der Waals surface area contributed by atoms with E-state index in [4.69, 9.17) is 0 Å². The standard InChI is InChI=1S/C18H33N3O2/c1-4-21(5-2)10-6-9-19-17(22)18(23)20-13(3)16-12-14-7-8-15(16)11-14/h13-16H,4-12H2,1-3H3,(H,19,22)(H,20,23). The second-order valence-corrected chi connectivity index (χ2v) is 7.24. The van der Waals surface area contributed by atoms with E-state index >= 15 is 0 Å². The fourth-order valence-electron chi connectivity index (χ4n) is 4.41. The summed E-state index contributed by atoms with van der Waals surface area (Å²) in [6.07, 6.45) is 6.07. The minimum absolute atomic E-state index is 0.110. The molecular formula is C18H33N3O2. The normalized spacial score (nSPS) is 27.2. The quantitative estimate of drug-likeness (QED) is 0.529. The molecule has 0 aromatic carbocycles. The number of nitrogens with zero attached hydrogens (tertiary/aromatic N) is 1. The topological polar surface area (TPSA) is 61.4 Å². The summed E-state index contributed by atoms with van der Waals surface area (Å²) in [4.78, 5) is 26.2.